The SMILES string of the molecule is O=C([C+]=NNc1ccccc1)c1ccc2ccccc2c1. The van der Waals surface area contributed by atoms with Crippen molar-refractivity contribution in [3.63, 3.8) is 0 Å². The number of para-hydroxylation sites is 1. The second-order valence-corrected chi connectivity index (χ2v) is 4.59. The Labute approximate surface area is 122 Å². The normalized spacial score (nSPS) is 10.5. The van der Waals surface area contributed by atoms with E-state index in [0.29, 0.717) is 5.56 Å². The molecule has 0 bridgehead atoms. The molecule has 0 aliphatic rings. The molecule has 0 amide bonds. The van der Waals surface area contributed by atoms with Crippen LogP contribution < -0.4 is 5.43 Å². The third kappa shape index (κ3) is 3.11. The first-order valence-corrected chi connectivity index (χ1v) is 6.63. The van der Waals surface area contributed by atoms with Crippen LogP contribution in [0.4, 0.5) is 5.69 Å². The van der Waals surface area contributed by atoms with Crippen LogP contribution in [0.1, 0.15) is 10.4 Å². The maximum absolute atomic E-state index is 12.0. The molecular weight excluding hydrogens is 260 g/mol. The summed E-state index contributed by atoms with van der Waals surface area (Å²) in [6.07, 6.45) is 2.49. The van der Waals surface area contributed by atoms with E-state index in [2.05, 4.69) is 16.7 Å². The van der Waals surface area contributed by atoms with Gasteiger partial charge in [-0.15, -0.1) is 0 Å². The largest absolute Gasteiger partial charge is 0.425 e. The summed E-state index contributed by atoms with van der Waals surface area (Å²) in [5, 5.41) is 5.98. The highest BCUT2D eigenvalue weighted by Crippen LogP contribution is 2.15. The minimum atomic E-state index is -0.246. The highest BCUT2D eigenvalue weighted by atomic mass is 16.1. The molecule has 0 saturated heterocycles. The summed E-state index contributed by atoms with van der Waals surface area (Å²) < 4.78 is 0. The minimum absolute atomic E-state index is 0.246. The number of benzene rings is 3. The number of ketones is 1. The minimum Gasteiger partial charge on any atom is -0.251 e. The van der Waals surface area contributed by atoms with Crippen LogP contribution in [-0.2, 0) is 0 Å². The zero-order valence-corrected chi connectivity index (χ0v) is 11.3. The Kier molecular flexibility index (Phi) is 3.68. The fraction of sp³-hybridized carbons (Fsp3) is 0. The molecule has 0 aliphatic heterocycles. The molecule has 0 unspecified atom stereocenters. The number of Topliss-reactive ketones (excluding diaryl/α,β-unsaturated/α-hetero) is 1. The zero-order valence-electron chi connectivity index (χ0n) is 11.3. The Morgan fingerprint density at radius 1 is 0.857 bits per heavy atom. The summed E-state index contributed by atoms with van der Waals surface area (Å²) in [6.45, 7) is 0. The summed E-state index contributed by atoms with van der Waals surface area (Å²) in [6, 6.07) is 22.9. The molecule has 0 fully saturated rings. The number of nitrogens with one attached hydrogen (secondary N) is 1. The highest BCUT2D eigenvalue weighted by Gasteiger charge is 2.17. The number of carbonyl (C=O) groups excluding carboxylic acids is 1. The van der Waals surface area contributed by atoms with Crippen LogP contribution in [0.5, 0.6) is 0 Å². The fourth-order valence-electron chi connectivity index (χ4n) is 2.05. The van der Waals surface area contributed by atoms with E-state index in [9.17, 15) is 4.79 Å². The molecule has 0 heterocycles. The Bertz CT molecular complexity index is 794. The molecule has 21 heavy (non-hydrogen) atoms. The Morgan fingerprint density at radius 2 is 1.57 bits per heavy atom. The van der Waals surface area contributed by atoms with E-state index >= 15 is 0 Å². The predicted molar refractivity (Wildman–Crippen MR) is 85.8 cm³/mol. The topological polar surface area (TPSA) is 41.5 Å². The molecule has 1 N–H and O–H groups in total. The van der Waals surface area contributed by atoms with Crippen molar-refractivity contribution in [2.24, 2.45) is 5.10 Å². The van der Waals surface area contributed by atoms with Crippen molar-refractivity contribution in [1.82, 2.24) is 0 Å². The Balaban J connectivity index is 1.74. The van der Waals surface area contributed by atoms with E-state index in [1.165, 1.54) is 0 Å². The van der Waals surface area contributed by atoms with Crippen LogP contribution in [0.25, 0.3) is 10.8 Å². The lowest BCUT2D eigenvalue weighted by Gasteiger charge is -1.94. The number of hydrogen-bond donors (Lipinski definition) is 1. The second kappa shape index (κ2) is 5.95. The summed E-state index contributed by atoms with van der Waals surface area (Å²) in [4.78, 5) is 12.0. The number of anilines is 1. The van der Waals surface area contributed by atoms with E-state index in [-0.39, 0.29) is 5.78 Å². The number of hydrazone groups is 1. The van der Waals surface area contributed by atoms with Gasteiger partial charge in [-0.3, -0.25) is 5.43 Å². The molecule has 0 aromatic heterocycles. The van der Waals surface area contributed by atoms with Crippen molar-refractivity contribution in [1.29, 1.82) is 0 Å². The molecule has 0 saturated carbocycles. The maximum Gasteiger partial charge on any atom is 0.425 e. The molecule has 0 radical (unpaired) electrons. The van der Waals surface area contributed by atoms with Crippen LogP contribution in [-0.4, -0.2) is 12.0 Å². The van der Waals surface area contributed by atoms with Gasteiger partial charge >= 0.3 is 5.78 Å². The maximum atomic E-state index is 12.0. The summed E-state index contributed by atoms with van der Waals surface area (Å²) >= 11 is 0. The van der Waals surface area contributed by atoms with Crippen molar-refractivity contribution < 1.29 is 4.79 Å². The Morgan fingerprint density at radius 3 is 2.38 bits per heavy atom. The number of carbonyl (C=O) groups is 1. The first-order chi connectivity index (χ1) is 10.3. The average molecular weight is 273 g/mol. The summed E-state index contributed by atoms with van der Waals surface area (Å²) in [5.41, 5.74) is 4.17. The molecule has 3 nitrogen and oxygen atoms in total. The van der Waals surface area contributed by atoms with E-state index in [0.717, 1.165) is 16.5 Å². The molecule has 100 valence electrons. The van der Waals surface area contributed by atoms with Crippen LogP contribution in [0, 0.1) is 0 Å². The third-order valence-electron chi connectivity index (χ3n) is 3.13. The number of hydrogen-bond acceptors (Lipinski definition) is 3. The van der Waals surface area contributed by atoms with Gasteiger partial charge in [0.2, 0.25) is 0 Å². The van der Waals surface area contributed by atoms with Gasteiger partial charge in [-0.2, -0.15) is 0 Å². The van der Waals surface area contributed by atoms with E-state index in [4.69, 9.17) is 0 Å². The van der Waals surface area contributed by atoms with Gasteiger partial charge in [0.15, 0.2) is 5.56 Å². The van der Waals surface area contributed by atoms with Crippen molar-refractivity contribution in [3.8, 4) is 0 Å². The van der Waals surface area contributed by atoms with Gasteiger partial charge in [-0.05, 0) is 28.7 Å². The first-order valence-electron chi connectivity index (χ1n) is 6.63. The van der Waals surface area contributed by atoms with Gasteiger partial charge in [-0.25, -0.2) is 4.79 Å². The number of fused-ring (bicyclic) bond motifs is 1. The molecular formula is C18H13N2O+. The van der Waals surface area contributed by atoms with Gasteiger partial charge in [0.05, 0.1) is 5.69 Å². The smallest absolute Gasteiger partial charge is 0.251 e. The number of rotatable bonds is 4. The standard InChI is InChI=1S/C18H12N2O/c21-18(13-19-20-17-8-2-1-3-9-17)16-11-10-14-6-4-5-7-15(14)12-16/h1-12H/p+1. The molecule has 3 aromatic rings. The van der Waals surface area contributed by atoms with Crippen molar-refractivity contribution in [3.05, 3.63) is 78.4 Å². The van der Waals surface area contributed by atoms with Gasteiger partial charge < -0.3 is 0 Å². The van der Waals surface area contributed by atoms with Gasteiger partial charge in [0.1, 0.15) is 0 Å². The number of nitrogens with zero attached hydrogens (tertiary/aromatic N) is 1. The van der Waals surface area contributed by atoms with Gasteiger partial charge in [0.25, 0.3) is 6.21 Å². The summed E-state index contributed by atoms with van der Waals surface area (Å²) in [7, 11) is 0. The molecule has 3 aromatic carbocycles. The lowest BCUT2D eigenvalue weighted by Crippen LogP contribution is -2.02. The molecule has 0 aliphatic carbocycles. The van der Waals surface area contributed by atoms with Crippen molar-refractivity contribution in [2.75, 3.05) is 5.43 Å². The van der Waals surface area contributed by atoms with Gasteiger partial charge in [-0.1, -0.05) is 42.5 Å². The van der Waals surface area contributed by atoms with Crippen LogP contribution in [0.2, 0.25) is 0 Å². The molecule has 0 spiro atoms. The van der Waals surface area contributed by atoms with Crippen LogP contribution >= 0.6 is 0 Å². The van der Waals surface area contributed by atoms with E-state index < -0.39 is 0 Å². The van der Waals surface area contributed by atoms with E-state index in [1.807, 2.05) is 66.7 Å². The lowest BCUT2D eigenvalue weighted by atomic mass is 10.1. The second-order valence-electron chi connectivity index (χ2n) is 4.59. The van der Waals surface area contributed by atoms with Crippen molar-refractivity contribution in [2.45, 2.75) is 0 Å². The fourth-order valence-corrected chi connectivity index (χ4v) is 2.05. The highest BCUT2D eigenvalue weighted by molar-refractivity contribution is 6.35. The van der Waals surface area contributed by atoms with Gasteiger partial charge in [0, 0.05) is 17.5 Å². The monoisotopic (exact) mass is 273 g/mol. The molecule has 0 atom stereocenters. The average Bonchev–Trinajstić information content (AvgIpc) is 2.55. The first kappa shape index (κ1) is 13.0. The predicted octanol–water partition coefficient (Wildman–Crippen LogP) is 4.00. The molecule has 3 rings (SSSR count). The Hall–Kier alpha value is -3.03. The quantitative estimate of drug-likeness (QED) is 0.338. The lowest BCUT2D eigenvalue weighted by molar-refractivity contribution is 0.107. The van der Waals surface area contributed by atoms with E-state index in [1.54, 1.807) is 6.07 Å². The summed E-state index contributed by atoms with van der Waals surface area (Å²) in [5.74, 6) is -0.246. The third-order valence-corrected chi connectivity index (χ3v) is 3.13. The van der Waals surface area contributed by atoms with Crippen LogP contribution in [0.3, 0.4) is 0 Å². The van der Waals surface area contributed by atoms with Crippen LogP contribution in [0.15, 0.2) is 77.9 Å². The zero-order chi connectivity index (χ0) is 14.5. The molecule has 3 heteroatoms. The van der Waals surface area contributed by atoms with Crippen molar-refractivity contribution >= 4 is 28.5 Å².